The molecule has 0 unspecified atom stereocenters. The second-order valence-electron chi connectivity index (χ2n) is 3.55. The van der Waals surface area contributed by atoms with Crippen molar-refractivity contribution in [3.8, 4) is 0 Å². The van der Waals surface area contributed by atoms with E-state index in [-0.39, 0.29) is 5.91 Å². The summed E-state index contributed by atoms with van der Waals surface area (Å²) in [6.45, 7) is 2.10. The average molecular weight is 283 g/mol. The van der Waals surface area contributed by atoms with Crippen molar-refractivity contribution >= 4 is 34.5 Å². The predicted octanol–water partition coefficient (Wildman–Crippen LogP) is 2.21. The SMILES string of the molecule is Cc1nc(Cl)ccc1NC(=O)c1csc(CN)n1. The van der Waals surface area contributed by atoms with Gasteiger partial charge < -0.3 is 11.1 Å². The second kappa shape index (κ2) is 5.43. The van der Waals surface area contributed by atoms with E-state index < -0.39 is 0 Å². The molecule has 0 aliphatic heterocycles. The number of pyridine rings is 1. The lowest BCUT2D eigenvalue weighted by atomic mass is 10.3. The lowest BCUT2D eigenvalue weighted by molar-refractivity contribution is 0.102. The van der Waals surface area contributed by atoms with Crippen LogP contribution in [0.2, 0.25) is 5.15 Å². The number of thiazole rings is 1. The molecule has 18 heavy (non-hydrogen) atoms. The Hall–Kier alpha value is -1.50. The first-order chi connectivity index (χ1) is 8.60. The fourth-order valence-corrected chi connectivity index (χ4v) is 2.20. The third-order valence-electron chi connectivity index (χ3n) is 2.26. The van der Waals surface area contributed by atoms with Crippen molar-refractivity contribution in [3.63, 3.8) is 0 Å². The number of rotatable bonds is 3. The molecule has 0 aliphatic carbocycles. The van der Waals surface area contributed by atoms with Gasteiger partial charge in [-0.1, -0.05) is 11.6 Å². The van der Waals surface area contributed by atoms with Crippen LogP contribution in [0.15, 0.2) is 17.5 Å². The topological polar surface area (TPSA) is 80.9 Å². The summed E-state index contributed by atoms with van der Waals surface area (Å²) < 4.78 is 0. The standard InChI is InChI=1S/C11H11ClN4OS/c1-6-7(2-3-9(12)14-6)16-11(17)8-5-18-10(4-13)15-8/h2-3,5H,4,13H2,1H3,(H,16,17). The van der Waals surface area contributed by atoms with Gasteiger partial charge in [0, 0.05) is 11.9 Å². The van der Waals surface area contributed by atoms with Crippen molar-refractivity contribution in [2.45, 2.75) is 13.5 Å². The third kappa shape index (κ3) is 2.84. The van der Waals surface area contributed by atoms with Gasteiger partial charge in [0.1, 0.15) is 15.9 Å². The molecule has 2 aromatic rings. The maximum Gasteiger partial charge on any atom is 0.275 e. The average Bonchev–Trinajstić information content (AvgIpc) is 2.81. The number of carbonyl (C=O) groups is 1. The van der Waals surface area contributed by atoms with Gasteiger partial charge >= 0.3 is 0 Å². The van der Waals surface area contributed by atoms with Gasteiger partial charge in [-0.25, -0.2) is 9.97 Å². The number of hydrogen-bond acceptors (Lipinski definition) is 5. The molecule has 7 heteroatoms. The van der Waals surface area contributed by atoms with E-state index in [0.717, 1.165) is 5.01 Å². The summed E-state index contributed by atoms with van der Waals surface area (Å²) in [5.74, 6) is -0.279. The molecule has 0 saturated heterocycles. The summed E-state index contributed by atoms with van der Waals surface area (Å²) >= 11 is 7.11. The minimum absolute atomic E-state index is 0.279. The zero-order valence-corrected chi connectivity index (χ0v) is 11.2. The Morgan fingerprint density at radius 2 is 2.28 bits per heavy atom. The van der Waals surface area contributed by atoms with E-state index in [4.69, 9.17) is 17.3 Å². The number of nitrogens with two attached hydrogens (primary N) is 1. The molecule has 2 aromatic heterocycles. The number of aryl methyl sites for hydroxylation is 1. The Morgan fingerprint density at radius 3 is 2.89 bits per heavy atom. The molecule has 1 amide bonds. The van der Waals surface area contributed by atoms with Gasteiger partial charge in [0.05, 0.1) is 11.4 Å². The number of amides is 1. The summed E-state index contributed by atoms with van der Waals surface area (Å²) in [6.07, 6.45) is 0. The predicted molar refractivity (Wildman–Crippen MR) is 71.9 cm³/mol. The molecular formula is C11H11ClN4OS. The number of anilines is 1. The summed E-state index contributed by atoms with van der Waals surface area (Å²) in [4.78, 5) is 20.1. The van der Waals surface area contributed by atoms with Crippen molar-refractivity contribution < 1.29 is 4.79 Å². The van der Waals surface area contributed by atoms with Gasteiger partial charge in [0.2, 0.25) is 0 Å². The van der Waals surface area contributed by atoms with Crippen molar-refractivity contribution in [3.05, 3.63) is 39.1 Å². The van der Waals surface area contributed by atoms with Crippen LogP contribution in [0.4, 0.5) is 5.69 Å². The van der Waals surface area contributed by atoms with Gasteiger partial charge in [-0.2, -0.15) is 0 Å². The molecule has 2 heterocycles. The van der Waals surface area contributed by atoms with E-state index in [9.17, 15) is 4.79 Å². The van der Waals surface area contributed by atoms with Crippen LogP contribution in [0.1, 0.15) is 21.2 Å². The normalized spacial score (nSPS) is 10.4. The van der Waals surface area contributed by atoms with E-state index in [1.807, 2.05) is 0 Å². The highest BCUT2D eigenvalue weighted by Crippen LogP contribution is 2.17. The minimum Gasteiger partial charge on any atom is -0.325 e. The maximum absolute atomic E-state index is 11.9. The third-order valence-corrected chi connectivity index (χ3v) is 3.34. The maximum atomic E-state index is 11.9. The number of nitrogens with one attached hydrogen (secondary N) is 1. The van der Waals surface area contributed by atoms with E-state index in [0.29, 0.717) is 28.8 Å². The van der Waals surface area contributed by atoms with Crippen LogP contribution >= 0.6 is 22.9 Å². The molecule has 0 aliphatic rings. The first kappa shape index (κ1) is 12.9. The van der Waals surface area contributed by atoms with Gasteiger partial charge in [-0.3, -0.25) is 4.79 Å². The Balaban J connectivity index is 2.16. The van der Waals surface area contributed by atoms with Gasteiger partial charge in [0.25, 0.3) is 5.91 Å². The van der Waals surface area contributed by atoms with E-state index in [2.05, 4.69) is 15.3 Å². The molecule has 94 valence electrons. The Kier molecular flexibility index (Phi) is 3.90. The molecule has 0 spiro atoms. The number of aromatic nitrogens is 2. The van der Waals surface area contributed by atoms with Crippen LogP contribution in [0.3, 0.4) is 0 Å². The molecule has 2 rings (SSSR count). The van der Waals surface area contributed by atoms with E-state index >= 15 is 0 Å². The summed E-state index contributed by atoms with van der Waals surface area (Å²) in [6, 6.07) is 3.33. The highest BCUT2D eigenvalue weighted by Gasteiger charge is 2.12. The van der Waals surface area contributed by atoms with Gasteiger partial charge in [-0.05, 0) is 19.1 Å². The van der Waals surface area contributed by atoms with Crippen LogP contribution < -0.4 is 11.1 Å². The van der Waals surface area contributed by atoms with Crippen LogP contribution in [-0.4, -0.2) is 15.9 Å². The summed E-state index contributed by atoms with van der Waals surface area (Å²) in [7, 11) is 0. The molecule has 0 atom stereocenters. The molecule has 3 N–H and O–H groups in total. The number of nitrogens with zero attached hydrogens (tertiary/aromatic N) is 2. The molecule has 0 radical (unpaired) electrons. The monoisotopic (exact) mass is 282 g/mol. The van der Waals surface area contributed by atoms with Crippen LogP contribution in [0, 0.1) is 6.92 Å². The molecule has 5 nitrogen and oxygen atoms in total. The fraction of sp³-hybridized carbons (Fsp3) is 0.182. The van der Waals surface area contributed by atoms with Crippen LogP contribution in [0.25, 0.3) is 0 Å². The molecular weight excluding hydrogens is 272 g/mol. The minimum atomic E-state index is -0.279. The number of hydrogen-bond donors (Lipinski definition) is 2. The number of carbonyl (C=O) groups excluding carboxylic acids is 1. The highest BCUT2D eigenvalue weighted by atomic mass is 35.5. The zero-order chi connectivity index (χ0) is 13.1. The Labute approximate surface area is 113 Å². The van der Waals surface area contributed by atoms with Crippen molar-refractivity contribution in [2.24, 2.45) is 5.73 Å². The highest BCUT2D eigenvalue weighted by molar-refractivity contribution is 7.09. The van der Waals surface area contributed by atoms with Crippen molar-refractivity contribution in [1.82, 2.24) is 9.97 Å². The van der Waals surface area contributed by atoms with E-state index in [1.54, 1.807) is 24.4 Å². The van der Waals surface area contributed by atoms with Crippen molar-refractivity contribution in [1.29, 1.82) is 0 Å². The fourth-order valence-electron chi connectivity index (χ4n) is 1.36. The van der Waals surface area contributed by atoms with Crippen LogP contribution in [-0.2, 0) is 6.54 Å². The molecule has 0 bridgehead atoms. The zero-order valence-electron chi connectivity index (χ0n) is 9.61. The summed E-state index contributed by atoms with van der Waals surface area (Å²) in [5.41, 5.74) is 7.08. The van der Waals surface area contributed by atoms with Gasteiger partial charge in [0.15, 0.2) is 0 Å². The summed E-state index contributed by atoms with van der Waals surface area (Å²) in [5, 5.41) is 5.53. The van der Waals surface area contributed by atoms with E-state index in [1.165, 1.54) is 11.3 Å². The lowest BCUT2D eigenvalue weighted by Crippen LogP contribution is -2.14. The van der Waals surface area contributed by atoms with Gasteiger partial charge in [-0.15, -0.1) is 11.3 Å². The second-order valence-corrected chi connectivity index (χ2v) is 4.88. The Morgan fingerprint density at radius 1 is 1.50 bits per heavy atom. The first-order valence-electron chi connectivity index (χ1n) is 5.19. The van der Waals surface area contributed by atoms with Crippen molar-refractivity contribution in [2.75, 3.05) is 5.32 Å². The quantitative estimate of drug-likeness (QED) is 0.846. The lowest BCUT2D eigenvalue weighted by Gasteiger charge is -2.06. The smallest absolute Gasteiger partial charge is 0.275 e. The Bertz CT molecular complexity index is 584. The number of halogens is 1. The molecule has 0 fully saturated rings. The largest absolute Gasteiger partial charge is 0.325 e. The molecule has 0 saturated carbocycles. The molecule has 0 aromatic carbocycles. The first-order valence-corrected chi connectivity index (χ1v) is 6.45. The van der Waals surface area contributed by atoms with Crippen LogP contribution in [0.5, 0.6) is 0 Å².